The third-order valence-electron chi connectivity index (χ3n) is 16.1. The van der Waals surface area contributed by atoms with Crippen LogP contribution in [0.3, 0.4) is 0 Å². The molecule has 0 rings (SSSR count). The lowest BCUT2D eigenvalue weighted by Crippen LogP contribution is -2.30. The van der Waals surface area contributed by atoms with Crippen LogP contribution in [0.25, 0.3) is 0 Å². The number of carbonyl (C=O) groups excluding carboxylic acids is 3. The van der Waals surface area contributed by atoms with Crippen molar-refractivity contribution in [2.45, 2.75) is 399 Å². The van der Waals surface area contributed by atoms with E-state index in [0.717, 1.165) is 64.2 Å². The molecule has 0 aromatic carbocycles. The molecular formula is C73H136O6. The van der Waals surface area contributed by atoms with Crippen LogP contribution in [-0.4, -0.2) is 37.2 Å². The summed E-state index contributed by atoms with van der Waals surface area (Å²) in [5.41, 5.74) is 0. The van der Waals surface area contributed by atoms with Crippen molar-refractivity contribution in [3.8, 4) is 0 Å². The Morgan fingerprint density at radius 3 is 0.709 bits per heavy atom. The van der Waals surface area contributed by atoms with Gasteiger partial charge in [-0.15, -0.1) is 0 Å². The minimum Gasteiger partial charge on any atom is -0.462 e. The fourth-order valence-corrected chi connectivity index (χ4v) is 10.8. The van der Waals surface area contributed by atoms with Crippen LogP contribution in [0, 0.1) is 0 Å². The van der Waals surface area contributed by atoms with Crippen molar-refractivity contribution >= 4 is 17.9 Å². The van der Waals surface area contributed by atoms with Crippen LogP contribution in [-0.2, 0) is 28.6 Å². The van der Waals surface area contributed by atoms with Crippen LogP contribution < -0.4 is 0 Å². The van der Waals surface area contributed by atoms with Gasteiger partial charge in [0, 0.05) is 19.3 Å². The van der Waals surface area contributed by atoms with Gasteiger partial charge in [-0.1, -0.05) is 333 Å². The highest BCUT2D eigenvalue weighted by Gasteiger charge is 2.19. The summed E-state index contributed by atoms with van der Waals surface area (Å²) in [5, 5.41) is 0. The fraction of sp³-hybridized carbons (Fsp3) is 0.877. The molecule has 0 aliphatic heterocycles. The lowest BCUT2D eigenvalue weighted by molar-refractivity contribution is -0.167. The van der Waals surface area contributed by atoms with E-state index in [0.29, 0.717) is 19.3 Å². The Morgan fingerprint density at radius 2 is 0.456 bits per heavy atom. The normalized spacial score (nSPS) is 12.2. The number of esters is 3. The van der Waals surface area contributed by atoms with Gasteiger partial charge < -0.3 is 14.2 Å². The molecule has 0 saturated carbocycles. The maximum absolute atomic E-state index is 12.9. The summed E-state index contributed by atoms with van der Waals surface area (Å²) in [6, 6.07) is 0. The molecule has 6 heteroatoms. The molecule has 0 N–H and O–H groups in total. The average molecular weight is 1110 g/mol. The lowest BCUT2D eigenvalue weighted by atomic mass is 10.0. The molecule has 0 fully saturated rings. The Bertz CT molecular complexity index is 1320. The minimum atomic E-state index is -0.768. The molecule has 1 unspecified atom stereocenters. The van der Waals surface area contributed by atoms with Crippen molar-refractivity contribution < 1.29 is 28.6 Å². The first-order chi connectivity index (χ1) is 39.0. The molecule has 464 valence electrons. The standard InChI is InChI=1S/C73H136O6/c1-4-7-10-13-16-18-20-22-24-26-28-29-30-31-32-33-34-35-36-37-38-39-40-41-42-43-45-46-48-50-52-54-57-60-63-66-72(75)78-69-70(68-77-71(74)65-62-59-56-15-12-9-6-3)79-73(76)67-64-61-58-55-53-51-49-47-44-27-25-23-21-19-17-14-11-8-5-2/h20,22-23,25-26,28,70H,4-19,21,24,27,29-69H2,1-3H3/b22-20-,25-23-,28-26-. The summed E-state index contributed by atoms with van der Waals surface area (Å²) in [4.78, 5) is 38.1. The number of hydrogen-bond acceptors (Lipinski definition) is 6. The zero-order valence-electron chi connectivity index (χ0n) is 53.4. The van der Waals surface area contributed by atoms with E-state index in [1.807, 2.05) is 0 Å². The van der Waals surface area contributed by atoms with Crippen LogP contribution >= 0.6 is 0 Å². The van der Waals surface area contributed by atoms with Gasteiger partial charge in [-0.2, -0.15) is 0 Å². The van der Waals surface area contributed by atoms with E-state index in [1.165, 1.54) is 289 Å². The number of allylic oxidation sites excluding steroid dienone is 6. The molecule has 1 atom stereocenters. The van der Waals surface area contributed by atoms with Crippen molar-refractivity contribution in [2.24, 2.45) is 0 Å². The molecule has 0 aliphatic rings. The highest BCUT2D eigenvalue weighted by Crippen LogP contribution is 2.18. The topological polar surface area (TPSA) is 78.9 Å². The third-order valence-corrected chi connectivity index (χ3v) is 16.1. The SMILES string of the molecule is CCCCCCC/C=C\C/C=C\CCCCCCCCCCCCCCCCCCCCCCCCCC(=O)OCC(COC(=O)CCCCCCCCC)OC(=O)CCCCCCCCCCC/C=C\CCCCCCCC. The second-order valence-corrected chi connectivity index (χ2v) is 24.1. The van der Waals surface area contributed by atoms with E-state index in [9.17, 15) is 14.4 Å². The maximum atomic E-state index is 12.9. The highest BCUT2D eigenvalue weighted by atomic mass is 16.6. The number of rotatable bonds is 66. The Morgan fingerprint density at radius 1 is 0.253 bits per heavy atom. The Hall–Kier alpha value is -2.37. The zero-order valence-corrected chi connectivity index (χ0v) is 53.4. The van der Waals surface area contributed by atoms with Crippen LogP contribution in [0.2, 0.25) is 0 Å². The maximum Gasteiger partial charge on any atom is 0.306 e. The fourth-order valence-electron chi connectivity index (χ4n) is 10.8. The molecule has 0 aromatic heterocycles. The van der Waals surface area contributed by atoms with Crippen molar-refractivity contribution in [3.63, 3.8) is 0 Å². The zero-order chi connectivity index (χ0) is 57.1. The molecule has 0 heterocycles. The predicted octanol–water partition coefficient (Wildman–Crippen LogP) is 24.3. The monoisotopic (exact) mass is 1110 g/mol. The average Bonchev–Trinajstić information content (AvgIpc) is 3.45. The van der Waals surface area contributed by atoms with E-state index >= 15 is 0 Å². The van der Waals surface area contributed by atoms with Gasteiger partial charge in [-0.05, 0) is 77.0 Å². The smallest absolute Gasteiger partial charge is 0.306 e. The number of ether oxygens (including phenoxy) is 3. The second-order valence-electron chi connectivity index (χ2n) is 24.1. The molecule has 0 aromatic rings. The van der Waals surface area contributed by atoms with Crippen LogP contribution in [0.4, 0.5) is 0 Å². The van der Waals surface area contributed by atoms with Crippen LogP contribution in [0.1, 0.15) is 393 Å². The summed E-state index contributed by atoms with van der Waals surface area (Å²) in [5.74, 6) is -0.851. The molecule has 0 radical (unpaired) electrons. The molecule has 0 amide bonds. The van der Waals surface area contributed by atoms with E-state index < -0.39 is 6.10 Å². The first kappa shape index (κ1) is 76.6. The second kappa shape index (κ2) is 68.1. The first-order valence-electron chi connectivity index (χ1n) is 35.5. The van der Waals surface area contributed by atoms with E-state index in [4.69, 9.17) is 14.2 Å². The predicted molar refractivity (Wildman–Crippen MR) is 344 cm³/mol. The Labute approximate surface area is 493 Å². The number of unbranched alkanes of at least 4 members (excludes halogenated alkanes) is 49. The molecular weight excluding hydrogens is 973 g/mol. The largest absolute Gasteiger partial charge is 0.462 e. The number of hydrogen-bond donors (Lipinski definition) is 0. The lowest BCUT2D eigenvalue weighted by Gasteiger charge is -2.18. The van der Waals surface area contributed by atoms with Gasteiger partial charge in [-0.3, -0.25) is 14.4 Å². The summed E-state index contributed by atoms with van der Waals surface area (Å²) in [7, 11) is 0. The summed E-state index contributed by atoms with van der Waals surface area (Å²) >= 11 is 0. The Balaban J connectivity index is 3.94. The van der Waals surface area contributed by atoms with Crippen molar-refractivity contribution in [3.05, 3.63) is 36.5 Å². The van der Waals surface area contributed by atoms with Gasteiger partial charge in [0.25, 0.3) is 0 Å². The molecule has 0 spiro atoms. The van der Waals surface area contributed by atoms with Crippen molar-refractivity contribution in [1.29, 1.82) is 0 Å². The molecule has 79 heavy (non-hydrogen) atoms. The Kier molecular flexibility index (Phi) is 66.1. The van der Waals surface area contributed by atoms with Crippen LogP contribution in [0.5, 0.6) is 0 Å². The molecule has 0 aliphatic carbocycles. The first-order valence-corrected chi connectivity index (χ1v) is 35.5. The van der Waals surface area contributed by atoms with Gasteiger partial charge >= 0.3 is 17.9 Å². The van der Waals surface area contributed by atoms with Gasteiger partial charge in [0.1, 0.15) is 13.2 Å². The quantitative estimate of drug-likeness (QED) is 0.0261. The van der Waals surface area contributed by atoms with Gasteiger partial charge in [0.05, 0.1) is 0 Å². The van der Waals surface area contributed by atoms with E-state index in [1.54, 1.807) is 0 Å². The molecule has 0 bridgehead atoms. The van der Waals surface area contributed by atoms with E-state index in [-0.39, 0.29) is 31.1 Å². The molecule has 0 saturated heterocycles. The van der Waals surface area contributed by atoms with Gasteiger partial charge in [0.2, 0.25) is 0 Å². The summed E-state index contributed by atoms with van der Waals surface area (Å²) in [6.07, 6.45) is 85.0. The highest BCUT2D eigenvalue weighted by molar-refractivity contribution is 5.71. The summed E-state index contributed by atoms with van der Waals surface area (Å²) in [6.45, 7) is 6.64. The van der Waals surface area contributed by atoms with E-state index in [2.05, 4.69) is 57.2 Å². The van der Waals surface area contributed by atoms with Gasteiger partial charge in [0.15, 0.2) is 6.10 Å². The minimum absolute atomic E-state index is 0.0671. The number of carbonyl (C=O) groups is 3. The third kappa shape index (κ3) is 66.3. The molecule has 6 nitrogen and oxygen atoms in total. The van der Waals surface area contributed by atoms with Crippen molar-refractivity contribution in [2.75, 3.05) is 13.2 Å². The van der Waals surface area contributed by atoms with Gasteiger partial charge in [-0.25, -0.2) is 0 Å². The van der Waals surface area contributed by atoms with Crippen molar-refractivity contribution in [1.82, 2.24) is 0 Å². The summed E-state index contributed by atoms with van der Waals surface area (Å²) < 4.78 is 16.9. The van der Waals surface area contributed by atoms with Crippen LogP contribution in [0.15, 0.2) is 36.5 Å².